The first-order chi connectivity index (χ1) is 11.6. The van der Waals surface area contributed by atoms with Gasteiger partial charge in [-0.2, -0.15) is 0 Å². The first kappa shape index (κ1) is 16.3. The molecule has 1 aliphatic rings. The van der Waals surface area contributed by atoms with Crippen LogP contribution in [-0.4, -0.2) is 33.9 Å². The van der Waals surface area contributed by atoms with Crippen molar-refractivity contribution in [2.24, 2.45) is 0 Å². The molecule has 0 saturated heterocycles. The molecule has 1 saturated carbocycles. The number of ether oxygens (including phenoxy) is 1. The average molecular weight is 330 g/mol. The molecule has 1 N–H and O–H groups in total. The molecule has 7 nitrogen and oxygen atoms in total. The zero-order valence-electron chi connectivity index (χ0n) is 14.0. The van der Waals surface area contributed by atoms with E-state index >= 15 is 0 Å². The molecule has 1 heterocycles. The second kappa shape index (κ2) is 6.90. The van der Waals surface area contributed by atoms with Crippen LogP contribution in [0.4, 0.5) is 0 Å². The Hall–Kier alpha value is -2.57. The summed E-state index contributed by atoms with van der Waals surface area (Å²) in [4.78, 5) is 24.0. The molecule has 1 aromatic heterocycles. The van der Waals surface area contributed by atoms with Gasteiger partial charge < -0.3 is 10.1 Å². The lowest BCUT2D eigenvalue weighted by Gasteiger charge is -2.04. The quantitative estimate of drug-likeness (QED) is 0.836. The van der Waals surface area contributed by atoms with Crippen LogP contribution in [0.25, 0.3) is 11.4 Å². The van der Waals surface area contributed by atoms with Gasteiger partial charge in [0, 0.05) is 24.6 Å². The van der Waals surface area contributed by atoms with Crippen molar-refractivity contribution < 1.29 is 9.53 Å². The van der Waals surface area contributed by atoms with Crippen molar-refractivity contribution in [3.63, 3.8) is 0 Å². The molecule has 24 heavy (non-hydrogen) atoms. The lowest BCUT2D eigenvalue weighted by molar-refractivity contribution is -0.120. The van der Waals surface area contributed by atoms with E-state index in [9.17, 15) is 9.59 Å². The molecule has 1 aromatic carbocycles. The molecule has 7 heteroatoms. The molecule has 1 fully saturated rings. The summed E-state index contributed by atoms with van der Waals surface area (Å²) in [6.45, 7) is 2.56. The summed E-state index contributed by atoms with van der Waals surface area (Å²) < 4.78 is 8.38. The third kappa shape index (κ3) is 3.34. The van der Waals surface area contributed by atoms with Crippen molar-refractivity contribution in [3.05, 3.63) is 34.7 Å². The molecule has 0 aliphatic heterocycles. The van der Waals surface area contributed by atoms with Crippen molar-refractivity contribution >= 4 is 5.91 Å². The highest BCUT2D eigenvalue weighted by Gasteiger charge is 2.30. The highest BCUT2D eigenvalue weighted by Crippen LogP contribution is 2.36. The van der Waals surface area contributed by atoms with Crippen LogP contribution in [0.15, 0.2) is 29.1 Å². The molecule has 0 spiro atoms. The number of hydrogen-bond donors (Lipinski definition) is 1. The van der Waals surface area contributed by atoms with Gasteiger partial charge in [-0.3, -0.25) is 9.36 Å². The fourth-order valence-corrected chi connectivity index (χ4v) is 2.59. The summed E-state index contributed by atoms with van der Waals surface area (Å²) in [5, 5.41) is 7.27. The predicted octanol–water partition coefficient (Wildman–Crippen LogP) is 1.58. The number of methoxy groups -OCH3 is 1. The van der Waals surface area contributed by atoms with Crippen LogP contribution in [-0.2, 0) is 11.3 Å². The molecule has 1 amide bonds. The molecular formula is C17H22N4O3. The predicted molar refractivity (Wildman–Crippen MR) is 90.0 cm³/mol. The van der Waals surface area contributed by atoms with Gasteiger partial charge in [0.15, 0.2) is 5.82 Å². The van der Waals surface area contributed by atoms with Crippen molar-refractivity contribution in [1.29, 1.82) is 0 Å². The molecular weight excluding hydrogens is 308 g/mol. The molecule has 2 aromatic rings. The van der Waals surface area contributed by atoms with E-state index in [0.717, 1.165) is 24.2 Å². The lowest BCUT2D eigenvalue weighted by Crippen LogP contribution is -2.31. The van der Waals surface area contributed by atoms with E-state index in [1.807, 2.05) is 24.3 Å². The Labute approximate surface area is 140 Å². The largest absolute Gasteiger partial charge is 0.497 e. The Morgan fingerprint density at radius 1 is 1.33 bits per heavy atom. The van der Waals surface area contributed by atoms with Crippen molar-refractivity contribution in [2.45, 2.75) is 38.8 Å². The van der Waals surface area contributed by atoms with Crippen LogP contribution in [0.5, 0.6) is 5.75 Å². The molecule has 128 valence electrons. The summed E-state index contributed by atoms with van der Waals surface area (Å²) in [7, 11) is 1.62. The van der Waals surface area contributed by atoms with Crippen LogP contribution in [0, 0.1) is 0 Å². The van der Waals surface area contributed by atoms with E-state index in [2.05, 4.69) is 10.4 Å². The number of hydrogen-bond acceptors (Lipinski definition) is 4. The minimum atomic E-state index is -0.117. The third-order valence-corrected chi connectivity index (χ3v) is 4.10. The Balaban J connectivity index is 1.86. The van der Waals surface area contributed by atoms with Crippen molar-refractivity contribution in [1.82, 2.24) is 19.7 Å². The molecule has 0 radical (unpaired) electrons. The SMILES string of the molecule is CCC(=O)NCCn1nc(-c2ccc(OC)cc2)n(C2CC2)c1=O. The van der Waals surface area contributed by atoms with Crippen LogP contribution >= 0.6 is 0 Å². The summed E-state index contributed by atoms with van der Waals surface area (Å²) in [6, 6.07) is 7.76. The monoisotopic (exact) mass is 330 g/mol. The van der Waals surface area contributed by atoms with E-state index < -0.39 is 0 Å². The van der Waals surface area contributed by atoms with E-state index in [0.29, 0.717) is 25.3 Å². The minimum absolute atomic E-state index is 0.0277. The van der Waals surface area contributed by atoms with Crippen LogP contribution in [0.2, 0.25) is 0 Å². The zero-order valence-corrected chi connectivity index (χ0v) is 14.0. The number of nitrogens with zero attached hydrogens (tertiary/aromatic N) is 3. The standard InChI is InChI=1S/C17H22N4O3/c1-3-15(22)18-10-11-20-17(23)21(13-6-7-13)16(19-20)12-4-8-14(24-2)9-5-12/h4-5,8-9,13H,3,6-7,10-11H2,1-2H3,(H,18,22). The summed E-state index contributed by atoms with van der Waals surface area (Å²) >= 11 is 0. The maximum Gasteiger partial charge on any atom is 0.346 e. The second-order valence-electron chi connectivity index (χ2n) is 5.86. The number of carbonyl (C=O) groups excluding carboxylic acids is 1. The second-order valence-corrected chi connectivity index (χ2v) is 5.86. The highest BCUT2D eigenvalue weighted by molar-refractivity contribution is 5.75. The van der Waals surface area contributed by atoms with Gasteiger partial charge >= 0.3 is 5.69 Å². The molecule has 0 unspecified atom stereocenters. The van der Waals surface area contributed by atoms with Gasteiger partial charge in [-0.15, -0.1) is 5.10 Å². The number of nitrogens with one attached hydrogen (secondary N) is 1. The van der Waals surface area contributed by atoms with E-state index in [-0.39, 0.29) is 17.6 Å². The fourth-order valence-electron chi connectivity index (χ4n) is 2.59. The number of amides is 1. The summed E-state index contributed by atoms with van der Waals surface area (Å²) in [5.74, 6) is 1.41. The van der Waals surface area contributed by atoms with Crippen LogP contribution in [0.1, 0.15) is 32.2 Å². The first-order valence-electron chi connectivity index (χ1n) is 8.24. The topological polar surface area (TPSA) is 78.2 Å². The smallest absolute Gasteiger partial charge is 0.346 e. The molecule has 1 aliphatic carbocycles. The van der Waals surface area contributed by atoms with Gasteiger partial charge in [0.25, 0.3) is 0 Å². The third-order valence-electron chi connectivity index (χ3n) is 4.10. The normalized spacial score (nSPS) is 13.8. The van der Waals surface area contributed by atoms with Gasteiger partial charge in [-0.05, 0) is 37.1 Å². The van der Waals surface area contributed by atoms with E-state index in [4.69, 9.17) is 4.74 Å². The Morgan fingerprint density at radius 3 is 2.62 bits per heavy atom. The van der Waals surface area contributed by atoms with Gasteiger partial charge in [-0.25, -0.2) is 9.48 Å². The molecule has 3 rings (SSSR count). The fraction of sp³-hybridized carbons (Fsp3) is 0.471. The van der Waals surface area contributed by atoms with Crippen LogP contribution < -0.4 is 15.7 Å². The van der Waals surface area contributed by atoms with Gasteiger partial charge in [0.1, 0.15) is 5.75 Å². The number of aromatic nitrogens is 3. The van der Waals surface area contributed by atoms with E-state index in [1.165, 1.54) is 4.68 Å². The van der Waals surface area contributed by atoms with Crippen molar-refractivity contribution in [2.75, 3.05) is 13.7 Å². The highest BCUT2D eigenvalue weighted by atomic mass is 16.5. The number of rotatable bonds is 7. The number of carbonyl (C=O) groups is 1. The minimum Gasteiger partial charge on any atom is -0.497 e. The van der Waals surface area contributed by atoms with E-state index in [1.54, 1.807) is 18.6 Å². The van der Waals surface area contributed by atoms with Crippen LogP contribution in [0.3, 0.4) is 0 Å². The van der Waals surface area contributed by atoms with Gasteiger partial charge in [-0.1, -0.05) is 6.92 Å². The van der Waals surface area contributed by atoms with Gasteiger partial charge in [0.2, 0.25) is 5.91 Å². The first-order valence-corrected chi connectivity index (χ1v) is 8.24. The average Bonchev–Trinajstić information content (AvgIpc) is 3.39. The lowest BCUT2D eigenvalue weighted by atomic mass is 10.2. The Bertz CT molecular complexity index is 772. The Morgan fingerprint density at radius 2 is 2.04 bits per heavy atom. The maximum atomic E-state index is 12.6. The molecule has 0 bridgehead atoms. The Kier molecular flexibility index (Phi) is 4.69. The number of benzene rings is 1. The summed E-state index contributed by atoms with van der Waals surface area (Å²) in [5.41, 5.74) is 0.769. The summed E-state index contributed by atoms with van der Waals surface area (Å²) in [6.07, 6.45) is 2.44. The van der Waals surface area contributed by atoms with Gasteiger partial charge in [0.05, 0.1) is 13.7 Å². The molecule has 0 atom stereocenters. The van der Waals surface area contributed by atoms with Crippen molar-refractivity contribution in [3.8, 4) is 17.1 Å². The maximum absolute atomic E-state index is 12.6. The zero-order chi connectivity index (χ0) is 17.1.